The van der Waals surface area contributed by atoms with Crippen LogP contribution in [0.25, 0.3) is 0 Å². The molecule has 0 saturated carbocycles. The van der Waals surface area contributed by atoms with Gasteiger partial charge in [0, 0.05) is 11.8 Å². The molecule has 0 aromatic heterocycles. The first-order valence-electron chi connectivity index (χ1n) is 2.55. The maximum atomic E-state index is 9.91. The Morgan fingerprint density at radius 2 is 2.00 bits per heavy atom. The van der Waals surface area contributed by atoms with Gasteiger partial charge in [-0.3, -0.25) is 10.1 Å². The van der Waals surface area contributed by atoms with Gasteiger partial charge in [-0.1, -0.05) is 5.18 Å². The number of nitroso groups, excluding NO2 is 1. The summed E-state index contributed by atoms with van der Waals surface area (Å²) in [6, 6.07) is -1.61. The van der Waals surface area contributed by atoms with E-state index in [1.54, 1.807) is 0 Å². The third-order valence-electron chi connectivity index (χ3n) is 1.20. The van der Waals surface area contributed by atoms with Crippen LogP contribution in [0.2, 0.25) is 0 Å². The highest BCUT2D eigenvalue weighted by Gasteiger charge is 2.21. The van der Waals surface area contributed by atoms with Crippen molar-refractivity contribution < 1.29 is 4.92 Å². The molecule has 0 aromatic carbocycles. The lowest BCUT2D eigenvalue weighted by molar-refractivity contribution is -0.520. The monoisotopic (exact) mass is 132 g/mol. The van der Waals surface area contributed by atoms with Gasteiger partial charge in [-0.2, -0.15) is 4.91 Å². The number of hydrogen-bond donors (Lipinski definition) is 0. The van der Waals surface area contributed by atoms with Crippen molar-refractivity contribution in [2.24, 2.45) is 5.18 Å². The van der Waals surface area contributed by atoms with E-state index in [2.05, 4.69) is 5.18 Å². The van der Waals surface area contributed by atoms with Crippen LogP contribution in [0.3, 0.4) is 0 Å². The molecular formula is C4H8N2O3. The molecule has 5 heteroatoms. The summed E-state index contributed by atoms with van der Waals surface area (Å²) < 4.78 is 0. The first-order valence-corrected chi connectivity index (χ1v) is 2.55. The lowest BCUT2D eigenvalue weighted by Crippen LogP contribution is -2.26. The Morgan fingerprint density at radius 3 is 2.11 bits per heavy atom. The Kier molecular flexibility index (Phi) is 2.77. The minimum Gasteiger partial charge on any atom is -0.264 e. The molecule has 0 saturated heterocycles. The molecule has 0 aliphatic rings. The number of nitro groups is 1. The molecule has 0 aliphatic carbocycles. The van der Waals surface area contributed by atoms with Crippen LogP contribution >= 0.6 is 0 Å². The second kappa shape index (κ2) is 3.11. The van der Waals surface area contributed by atoms with E-state index in [-0.39, 0.29) is 0 Å². The topological polar surface area (TPSA) is 72.6 Å². The predicted octanol–water partition coefficient (Wildman–Crippen LogP) is 0.806. The summed E-state index contributed by atoms with van der Waals surface area (Å²) in [6.07, 6.45) is 0. The summed E-state index contributed by atoms with van der Waals surface area (Å²) in [7, 11) is 0. The Bertz CT molecular complexity index is 125. The molecule has 0 heterocycles. The summed E-state index contributed by atoms with van der Waals surface area (Å²) >= 11 is 0. The van der Waals surface area contributed by atoms with Crippen LogP contribution in [0.15, 0.2) is 5.18 Å². The molecule has 5 nitrogen and oxygen atoms in total. The summed E-state index contributed by atoms with van der Waals surface area (Å²) in [5.74, 6) is 0. The van der Waals surface area contributed by atoms with Crippen molar-refractivity contribution in [2.75, 3.05) is 0 Å². The average molecular weight is 132 g/mol. The fourth-order valence-electron chi connectivity index (χ4n) is 0.264. The maximum absolute atomic E-state index is 9.91. The van der Waals surface area contributed by atoms with Gasteiger partial charge in [0.05, 0.1) is 0 Å². The minimum atomic E-state index is -0.873. The lowest BCUT2D eigenvalue weighted by atomic mass is 10.2. The highest BCUT2D eigenvalue weighted by atomic mass is 16.6. The van der Waals surface area contributed by atoms with E-state index in [4.69, 9.17) is 0 Å². The molecule has 0 rings (SSSR count). The van der Waals surface area contributed by atoms with E-state index in [9.17, 15) is 15.0 Å². The van der Waals surface area contributed by atoms with Gasteiger partial charge < -0.3 is 0 Å². The van der Waals surface area contributed by atoms with Crippen LogP contribution in [-0.4, -0.2) is 17.0 Å². The molecule has 0 aromatic rings. The van der Waals surface area contributed by atoms with E-state index in [0.717, 1.165) is 0 Å². The van der Waals surface area contributed by atoms with Crippen molar-refractivity contribution in [3.8, 4) is 0 Å². The smallest absolute Gasteiger partial charge is 0.235 e. The van der Waals surface area contributed by atoms with E-state index in [0.29, 0.717) is 0 Å². The minimum absolute atomic E-state index is 0.522. The van der Waals surface area contributed by atoms with Crippen molar-refractivity contribution in [3.05, 3.63) is 15.0 Å². The molecule has 0 aliphatic heterocycles. The van der Waals surface area contributed by atoms with Gasteiger partial charge in [0.1, 0.15) is 0 Å². The van der Waals surface area contributed by atoms with Crippen molar-refractivity contribution in [3.63, 3.8) is 0 Å². The van der Waals surface area contributed by atoms with Gasteiger partial charge in [-0.15, -0.1) is 0 Å². The van der Waals surface area contributed by atoms with Gasteiger partial charge in [0.2, 0.25) is 6.04 Å². The average Bonchev–Trinajstić information content (AvgIpc) is 1.84. The summed E-state index contributed by atoms with van der Waals surface area (Å²) in [6.45, 7) is 2.77. The lowest BCUT2D eigenvalue weighted by Gasteiger charge is -2.02. The molecule has 0 spiro atoms. The number of rotatable bonds is 3. The molecule has 2 unspecified atom stereocenters. The maximum Gasteiger partial charge on any atom is 0.235 e. The standard InChI is InChI=1S/C4H8N2O3/c1-3(5-7)4(2)6(8)9/h3-4H,1-2H3. The van der Waals surface area contributed by atoms with Crippen molar-refractivity contribution >= 4 is 0 Å². The molecule has 0 radical (unpaired) electrons. The number of hydrogen-bond acceptors (Lipinski definition) is 4. The molecule has 0 fully saturated rings. The third kappa shape index (κ3) is 2.16. The Morgan fingerprint density at radius 1 is 1.56 bits per heavy atom. The quantitative estimate of drug-likeness (QED) is 0.324. The van der Waals surface area contributed by atoms with Crippen LogP contribution in [0.4, 0.5) is 0 Å². The van der Waals surface area contributed by atoms with Crippen molar-refractivity contribution in [2.45, 2.75) is 25.9 Å². The zero-order valence-corrected chi connectivity index (χ0v) is 5.27. The van der Waals surface area contributed by atoms with Crippen molar-refractivity contribution in [1.82, 2.24) is 0 Å². The van der Waals surface area contributed by atoms with Crippen LogP contribution in [0.1, 0.15) is 13.8 Å². The van der Waals surface area contributed by atoms with Crippen LogP contribution < -0.4 is 0 Å². The fourth-order valence-corrected chi connectivity index (χ4v) is 0.264. The first-order chi connectivity index (χ1) is 4.09. The van der Waals surface area contributed by atoms with Gasteiger partial charge in [-0.25, -0.2) is 0 Å². The number of nitrogens with zero attached hydrogens (tertiary/aromatic N) is 2. The molecule has 52 valence electrons. The predicted molar refractivity (Wildman–Crippen MR) is 31.7 cm³/mol. The summed E-state index contributed by atoms with van der Waals surface area (Å²) in [4.78, 5) is 19.1. The zero-order chi connectivity index (χ0) is 7.44. The van der Waals surface area contributed by atoms with E-state index >= 15 is 0 Å². The van der Waals surface area contributed by atoms with Gasteiger partial charge in [0.15, 0.2) is 6.04 Å². The van der Waals surface area contributed by atoms with Crippen molar-refractivity contribution in [1.29, 1.82) is 0 Å². The van der Waals surface area contributed by atoms with E-state index in [1.807, 2.05) is 0 Å². The highest BCUT2D eigenvalue weighted by molar-refractivity contribution is 4.64. The third-order valence-corrected chi connectivity index (χ3v) is 1.20. The normalized spacial score (nSPS) is 16.2. The SMILES string of the molecule is CC(N=O)C(C)[N+](=O)[O-]. The molecule has 2 atom stereocenters. The van der Waals surface area contributed by atoms with E-state index in [1.165, 1.54) is 13.8 Å². The summed E-state index contributed by atoms with van der Waals surface area (Å²) in [5, 5.41) is 12.4. The molecular weight excluding hydrogens is 124 g/mol. The van der Waals surface area contributed by atoms with Crippen LogP contribution in [0, 0.1) is 15.0 Å². The van der Waals surface area contributed by atoms with Crippen LogP contribution in [0.5, 0.6) is 0 Å². The molecule has 0 bridgehead atoms. The zero-order valence-electron chi connectivity index (χ0n) is 5.27. The largest absolute Gasteiger partial charge is 0.264 e. The first kappa shape index (κ1) is 8.00. The van der Waals surface area contributed by atoms with Gasteiger partial charge in [0.25, 0.3) is 0 Å². The molecule has 0 amide bonds. The summed E-state index contributed by atoms with van der Waals surface area (Å²) in [5.41, 5.74) is 0. The molecule has 0 N–H and O–H groups in total. The Hall–Kier alpha value is -1.00. The highest BCUT2D eigenvalue weighted by Crippen LogP contribution is 1.99. The van der Waals surface area contributed by atoms with Crippen LogP contribution in [-0.2, 0) is 0 Å². The Labute approximate surface area is 52.2 Å². The van der Waals surface area contributed by atoms with Gasteiger partial charge in [-0.05, 0) is 6.92 Å². The second-order valence-electron chi connectivity index (χ2n) is 1.87. The molecule has 9 heavy (non-hydrogen) atoms. The van der Waals surface area contributed by atoms with E-state index < -0.39 is 17.0 Å². The Balaban J connectivity index is 3.86. The fraction of sp³-hybridized carbons (Fsp3) is 1.00. The second-order valence-corrected chi connectivity index (χ2v) is 1.87. The van der Waals surface area contributed by atoms with Gasteiger partial charge >= 0.3 is 0 Å².